The molecule has 18 heavy (non-hydrogen) atoms. The number of nitro benzene ring substituents is 1. The fourth-order valence-electron chi connectivity index (χ4n) is 1.75. The molecule has 2 rings (SSSR count). The van der Waals surface area contributed by atoms with Crippen LogP contribution in [-0.4, -0.2) is 4.92 Å². The maximum absolute atomic E-state index is 10.9. The Morgan fingerprint density at radius 3 is 2.78 bits per heavy atom. The van der Waals surface area contributed by atoms with Gasteiger partial charge in [-0.2, -0.15) is 0 Å². The van der Waals surface area contributed by atoms with E-state index in [0.29, 0.717) is 5.56 Å². The van der Waals surface area contributed by atoms with Gasteiger partial charge in [-0.15, -0.1) is 11.3 Å². The molecule has 0 aliphatic rings. The van der Waals surface area contributed by atoms with E-state index in [4.69, 9.17) is 0 Å². The molecule has 0 saturated carbocycles. The van der Waals surface area contributed by atoms with E-state index < -0.39 is 0 Å². The molecule has 0 amide bonds. The summed E-state index contributed by atoms with van der Waals surface area (Å²) < 4.78 is 0. The van der Waals surface area contributed by atoms with Gasteiger partial charge in [-0.05, 0) is 31.4 Å². The molecule has 5 heteroatoms. The second kappa shape index (κ2) is 5.18. The van der Waals surface area contributed by atoms with Crippen LogP contribution in [0.4, 0.5) is 11.4 Å². The van der Waals surface area contributed by atoms with Crippen molar-refractivity contribution in [3.05, 3.63) is 56.3 Å². The Morgan fingerprint density at radius 2 is 2.17 bits per heavy atom. The highest BCUT2D eigenvalue weighted by atomic mass is 32.1. The maximum atomic E-state index is 10.9. The van der Waals surface area contributed by atoms with Crippen LogP contribution in [0.1, 0.15) is 23.4 Å². The lowest BCUT2D eigenvalue weighted by molar-refractivity contribution is -0.385. The highest BCUT2D eigenvalue weighted by molar-refractivity contribution is 7.10. The number of thiophene rings is 1. The average Bonchev–Trinajstić information content (AvgIpc) is 2.85. The quantitative estimate of drug-likeness (QED) is 0.665. The first kappa shape index (κ1) is 12.6. The topological polar surface area (TPSA) is 55.2 Å². The van der Waals surface area contributed by atoms with Crippen LogP contribution in [0.2, 0.25) is 0 Å². The zero-order valence-electron chi connectivity index (χ0n) is 10.2. The molecular formula is C13H14N2O2S. The number of hydrogen-bond donors (Lipinski definition) is 1. The molecule has 1 atom stereocenters. The predicted octanol–water partition coefficient (Wildman–Crippen LogP) is 4.14. The van der Waals surface area contributed by atoms with E-state index >= 15 is 0 Å². The fraction of sp³-hybridized carbons (Fsp3) is 0.231. The zero-order valence-corrected chi connectivity index (χ0v) is 11.0. The van der Waals surface area contributed by atoms with Crippen LogP contribution < -0.4 is 5.32 Å². The minimum atomic E-state index is -0.351. The van der Waals surface area contributed by atoms with Gasteiger partial charge in [0.2, 0.25) is 0 Å². The molecule has 0 bridgehead atoms. The number of nitro groups is 1. The Morgan fingerprint density at radius 1 is 1.39 bits per heavy atom. The first-order valence-corrected chi connectivity index (χ1v) is 6.51. The van der Waals surface area contributed by atoms with Crippen molar-refractivity contribution < 1.29 is 4.92 Å². The summed E-state index contributed by atoms with van der Waals surface area (Å²) in [7, 11) is 0. The highest BCUT2D eigenvalue weighted by Gasteiger charge is 2.12. The molecule has 1 N–H and O–H groups in total. The smallest absolute Gasteiger partial charge is 0.274 e. The normalized spacial score (nSPS) is 12.1. The summed E-state index contributed by atoms with van der Waals surface area (Å²) in [5, 5.41) is 16.2. The van der Waals surface area contributed by atoms with Crippen LogP contribution >= 0.6 is 11.3 Å². The van der Waals surface area contributed by atoms with Crippen molar-refractivity contribution in [2.24, 2.45) is 0 Å². The molecule has 0 saturated heterocycles. The molecule has 0 fully saturated rings. The number of rotatable bonds is 4. The van der Waals surface area contributed by atoms with Crippen molar-refractivity contribution in [1.82, 2.24) is 0 Å². The maximum Gasteiger partial charge on any atom is 0.274 e. The standard InChI is InChI=1S/C13H14N2O2S/c1-9-5-6-11(8-12(9)15(16)17)14-10(2)13-4-3-7-18-13/h3-8,10,14H,1-2H3. The summed E-state index contributed by atoms with van der Waals surface area (Å²) in [6.45, 7) is 3.78. The first-order chi connectivity index (χ1) is 8.58. The molecular weight excluding hydrogens is 248 g/mol. The van der Waals surface area contributed by atoms with E-state index in [0.717, 1.165) is 5.69 Å². The van der Waals surface area contributed by atoms with Crippen molar-refractivity contribution in [2.75, 3.05) is 5.32 Å². The number of anilines is 1. The van der Waals surface area contributed by atoms with Gasteiger partial charge < -0.3 is 5.32 Å². The van der Waals surface area contributed by atoms with Gasteiger partial charge in [-0.25, -0.2) is 0 Å². The number of benzene rings is 1. The van der Waals surface area contributed by atoms with E-state index in [1.165, 1.54) is 4.88 Å². The van der Waals surface area contributed by atoms with Crippen molar-refractivity contribution in [3.63, 3.8) is 0 Å². The van der Waals surface area contributed by atoms with Crippen molar-refractivity contribution in [3.8, 4) is 0 Å². The van der Waals surface area contributed by atoms with Crippen LogP contribution in [0, 0.1) is 17.0 Å². The molecule has 2 aromatic rings. The minimum absolute atomic E-state index is 0.146. The summed E-state index contributed by atoms with van der Waals surface area (Å²) in [6.07, 6.45) is 0. The van der Waals surface area contributed by atoms with Gasteiger partial charge in [0.15, 0.2) is 0 Å². The second-order valence-electron chi connectivity index (χ2n) is 4.14. The van der Waals surface area contributed by atoms with Crippen LogP contribution in [0.25, 0.3) is 0 Å². The van der Waals surface area contributed by atoms with E-state index in [1.54, 1.807) is 30.4 Å². The molecule has 1 unspecified atom stereocenters. The van der Waals surface area contributed by atoms with Gasteiger partial charge in [0.1, 0.15) is 0 Å². The van der Waals surface area contributed by atoms with Crippen LogP contribution in [0.15, 0.2) is 35.7 Å². The Balaban J connectivity index is 2.20. The number of nitrogens with zero attached hydrogens (tertiary/aromatic N) is 1. The zero-order chi connectivity index (χ0) is 13.1. The molecule has 0 radical (unpaired) electrons. The SMILES string of the molecule is Cc1ccc(NC(C)c2cccs2)cc1[N+](=O)[O-]. The largest absolute Gasteiger partial charge is 0.378 e. The van der Waals surface area contributed by atoms with E-state index in [9.17, 15) is 10.1 Å². The van der Waals surface area contributed by atoms with Gasteiger partial charge in [-0.3, -0.25) is 10.1 Å². The molecule has 0 spiro atoms. The lowest BCUT2D eigenvalue weighted by Gasteiger charge is -2.13. The lowest BCUT2D eigenvalue weighted by Crippen LogP contribution is -2.05. The van der Waals surface area contributed by atoms with Crippen molar-refractivity contribution in [1.29, 1.82) is 0 Å². The van der Waals surface area contributed by atoms with Gasteiger partial charge in [0.25, 0.3) is 5.69 Å². The Kier molecular flexibility index (Phi) is 3.62. The molecule has 1 aromatic carbocycles. The third kappa shape index (κ3) is 2.68. The summed E-state index contributed by atoms with van der Waals surface area (Å²) in [6, 6.07) is 9.40. The lowest BCUT2D eigenvalue weighted by atomic mass is 10.1. The molecule has 1 heterocycles. The van der Waals surface area contributed by atoms with Gasteiger partial charge in [0.05, 0.1) is 11.0 Å². The molecule has 0 aliphatic heterocycles. The third-order valence-corrected chi connectivity index (χ3v) is 3.81. The van der Waals surface area contributed by atoms with E-state index in [1.807, 2.05) is 30.5 Å². The summed E-state index contributed by atoms with van der Waals surface area (Å²) in [4.78, 5) is 11.7. The van der Waals surface area contributed by atoms with E-state index in [-0.39, 0.29) is 16.7 Å². The second-order valence-corrected chi connectivity index (χ2v) is 5.12. The van der Waals surface area contributed by atoms with Crippen LogP contribution in [-0.2, 0) is 0 Å². The van der Waals surface area contributed by atoms with Gasteiger partial charge >= 0.3 is 0 Å². The Labute approximate surface area is 109 Å². The first-order valence-electron chi connectivity index (χ1n) is 5.63. The summed E-state index contributed by atoms with van der Waals surface area (Å²) in [5.74, 6) is 0. The predicted molar refractivity (Wildman–Crippen MR) is 74.2 cm³/mol. The number of aryl methyl sites for hydroxylation is 1. The Bertz CT molecular complexity index is 552. The third-order valence-electron chi connectivity index (χ3n) is 2.76. The average molecular weight is 262 g/mol. The van der Waals surface area contributed by atoms with Crippen LogP contribution in [0.5, 0.6) is 0 Å². The number of nitrogens with one attached hydrogen (secondary N) is 1. The molecule has 0 aliphatic carbocycles. The highest BCUT2D eigenvalue weighted by Crippen LogP contribution is 2.27. The molecule has 4 nitrogen and oxygen atoms in total. The van der Waals surface area contributed by atoms with E-state index in [2.05, 4.69) is 5.32 Å². The van der Waals surface area contributed by atoms with Gasteiger partial charge in [0, 0.05) is 22.2 Å². The van der Waals surface area contributed by atoms with Crippen LogP contribution in [0.3, 0.4) is 0 Å². The Hall–Kier alpha value is -1.88. The van der Waals surface area contributed by atoms with Crippen molar-refractivity contribution in [2.45, 2.75) is 19.9 Å². The molecule has 1 aromatic heterocycles. The fourth-order valence-corrected chi connectivity index (χ4v) is 2.49. The summed E-state index contributed by atoms with van der Waals surface area (Å²) >= 11 is 1.67. The number of hydrogen-bond acceptors (Lipinski definition) is 4. The van der Waals surface area contributed by atoms with Gasteiger partial charge in [-0.1, -0.05) is 12.1 Å². The summed E-state index contributed by atoms with van der Waals surface area (Å²) in [5.41, 5.74) is 1.60. The minimum Gasteiger partial charge on any atom is -0.378 e. The monoisotopic (exact) mass is 262 g/mol. The molecule has 94 valence electrons. The van der Waals surface area contributed by atoms with Crippen molar-refractivity contribution >= 4 is 22.7 Å².